The number of aromatic nitrogens is 3. The molecule has 5 heteroatoms. The molecule has 0 radical (unpaired) electrons. The monoisotopic (exact) mass is 260 g/mol. The van der Waals surface area contributed by atoms with E-state index in [1.807, 2.05) is 32.3 Å². The third kappa shape index (κ3) is 3.54. The molecule has 0 bridgehead atoms. The van der Waals surface area contributed by atoms with Crippen molar-refractivity contribution in [2.45, 2.75) is 32.9 Å². The second kappa shape index (κ2) is 6.33. The van der Waals surface area contributed by atoms with Crippen LogP contribution < -0.4 is 10.1 Å². The summed E-state index contributed by atoms with van der Waals surface area (Å²) in [7, 11) is 0. The van der Waals surface area contributed by atoms with E-state index in [0.29, 0.717) is 0 Å². The Morgan fingerprint density at radius 1 is 1.37 bits per heavy atom. The van der Waals surface area contributed by atoms with Gasteiger partial charge in [0.15, 0.2) is 0 Å². The zero-order chi connectivity index (χ0) is 13.7. The van der Waals surface area contributed by atoms with E-state index >= 15 is 0 Å². The van der Waals surface area contributed by atoms with Crippen LogP contribution in [-0.4, -0.2) is 27.6 Å². The van der Waals surface area contributed by atoms with E-state index in [1.165, 1.54) is 0 Å². The standard InChI is InChI=1S/C14H20N4O/c1-4-16-13(14-17-5-6-18-14)11-7-12(9-15-8-11)19-10(2)3/h5-10,13,16H,4H2,1-3H3,(H,17,18). The van der Waals surface area contributed by atoms with Gasteiger partial charge in [0, 0.05) is 18.6 Å². The summed E-state index contributed by atoms with van der Waals surface area (Å²) >= 11 is 0. The van der Waals surface area contributed by atoms with Gasteiger partial charge in [0.25, 0.3) is 0 Å². The molecule has 2 aromatic rings. The van der Waals surface area contributed by atoms with Crippen LogP contribution in [0.5, 0.6) is 5.75 Å². The predicted octanol–water partition coefficient (Wildman–Crippen LogP) is 2.29. The number of pyridine rings is 1. The third-order valence-corrected chi connectivity index (χ3v) is 2.64. The van der Waals surface area contributed by atoms with Gasteiger partial charge in [0.1, 0.15) is 11.6 Å². The van der Waals surface area contributed by atoms with E-state index in [4.69, 9.17) is 4.74 Å². The lowest BCUT2D eigenvalue weighted by Gasteiger charge is -2.17. The number of imidazole rings is 1. The molecule has 2 N–H and O–H groups in total. The van der Waals surface area contributed by atoms with Gasteiger partial charge >= 0.3 is 0 Å². The largest absolute Gasteiger partial charge is 0.489 e. The van der Waals surface area contributed by atoms with E-state index in [-0.39, 0.29) is 12.1 Å². The minimum atomic E-state index is 0.00297. The van der Waals surface area contributed by atoms with Gasteiger partial charge in [-0.15, -0.1) is 0 Å². The molecular weight excluding hydrogens is 240 g/mol. The van der Waals surface area contributed by atoms with Gasteiger partial charge in [-0.25, -0.2) is 4.98 Å². The summed E-state index contributed by atoms with van der Waals surface area (Å²) < 4.78 is 5.68. The van der Waals surface area contributed by atoms with Crippen molar-refractivity contribution in [1.82, 2.24) is 20.3 Å². The van der Waals surface area contributed by atoms with Gasteiger partial charge in [0.2, 0.25) is 0 Å². The molecule has 0 saturated carbocycles. The topological polar surface area (TPSA) is 62.8 Å². The van der Waals surface area contributed by atoms with Gasteiger partial charge in [-0.1, -0.05) is 6.92 Å². The summed E-state index contributed by atoms with van der Waals surface area (Å²) in [6.07, 6.45) is 7.28. The highest BCUT2D eigenvalue weighted by Crippen LogP contribution is 2.22. The van der Waals surface area contributed by atoms with Gasteiger partial charge in [0.05, 0.1) is 18.3 Å². The van der Waals surface area contributed by atoms with E-state index < -0.39 is 0 Å². The first kappa shape index (κ1) is 13.5. The zero-order valence-electron chi connectivity index (χ0n) is 11.6. The Morgan fingerprint density at radius 3 is 2.84 bits per heavy atom. The molecule has 0 aliphatic heterocycles. The molecule has 1 atom stereocenters. The normalized spacial score (nSPS) is 12.6. The molecule has 1 unspecified atom stereocenters. The van der Waals surface area contributed by atoms with Crippen LogP contribution in [0.2, 0.25) is 0 Å². The predicted molar refractivity (Wildman–Crippen MR) is 74.1 cm³/mol. The van der Waals surface area contributed by atoms with Gasteiger partial charge in [-0.05, 0) is 32.0 Å². The maximum absolute atomic E-state index is 5.68. The van der Waals surface area contributed by atoms with E-state index in [0.717, 1.165) is 23.7 Å². The van der Waals surface area contributed by atoms with Gasteiger partial charge < -0.3 is 15.0 Å². The van der Waals surface area contributed by atoms with Crippen LogP contribution in [0, 0.1) is 0 Å². The average Bonchev–Trinajstić information content (AvgIpc) is 2.89. The fraction of sp³-hybridized carbons (Fsp3) is 0.429. The van der Waals surface area contributed by atoms with E-state index in [9.17, 15) is 0 Å². The first-order valence-electron chi connectivity index (χ1n) is 6.55. The van der Waals surface area contributed by atoms with E-state index in [1.54, 1.807) is 12.4 Å². The Kier molecular flexibility index (Phi) is 4.52. The number of aromatic amines is 1. The minimum absolute atomic E-state index is 0.00297. The Bertz CT molecular complexity index is 496. The van der Waals surface area contributed by atoms with Gasteiger partial charge in [-0.2, -0.15) is 0 Å². The number of hydrogen-bond donors (Lipinski definition) is 2. The van der Waals surface area contributed by atoms with Crippen LogP contribution in [-0.2, 0) is 0 Å². The average molecular weight is 260 g/mol. The van der Waals surface area contributed by atoms with Crippen molar-refractivity contribution in [3.63, 3.8) is 0 Å². The molecule has 0 fully saturated rings. The molecule has 0 amide bonds. The molecule has 0 aromatic carbocycles. The summed E-state index contributed by atoms with van der Waals surface area (Å²) in [5.74, 6) is 1.66. The highest BCUT2D eigenvalue weighted by atomic mass is 16.5. The molecule has 0 spiro atoms. The fourth-order valence-corrected chi connectivity index (χ4v) is 1.94. The highest BCUT2D eigenvalue weighted by molar-refractivity contribution is 5.29. The number of hydrogen-bond acceptors (Lipinski definition) is 4. The summed E-state index contributed by atoms with van der Waals surface area (Å²) in [5, 5.41) is 3.39. The van der Waals surface area contributed by atoms with E-state index in [2.05, 4.69) is 27.2 Å². The van der Waals surface area contributed by atoms with Gasteiger partial charge in [-0.3, -0.25) is 4.98 Å². The van der Waals surface area contributed by atoms with Crippen molar-refractivity contribution in [2.75, 3.05) is 6.54 Å². The van der Waals surface area contributed by atoms with Crippen LogP contribution in [0.15, 0.2) is 30.9 Å². The molecular formula is C14H20N4O. The molecule has 102 valence electrons. The van der Waals surface area contributed by atoms with Crippen molar-refractivity contribution in [3.8, 4) is 5.75 Å². The van der Waals surface area contributed by atoms with Crippen molar-refractivity contribution in [3.05, 3.63) is 42.2 Å². The maximum atomic E-state index is 5.68. The van der Waals surface area contributed by atoms with Crippen LogP contribution in [0.3, 0.4) is 0 Å². The number of ether oxygens (including phenoxy) is 1. The first-order chi connectivity index (χ1) is 9.20. The lowest BCUT2D eigenvalue weighted by atomic mass is 10.1. The van der Waals surface area contributed by atoms with Crippen LogP contribution in [0.4, 0.5) is 0 Å². The number of nitrogens with zero attached hydrogens (tertiary/aromatic N) is 2. The summed E-state index contributed by atoms with van der Waals surface area (Å²) in [5.41, 5.74) is 1.04. The fourth-order valence-electron chi connectivity index (χ4n) is 1.94. The SMILES string of the molecule is CCNC(c1cncc(OC(C)C)c1)c1ncc[nH]1. The molecule has 5 nitrogen and oxygen atoms in total. The van der Waals surface area contributed by atoms with Crippen molar-refractivity contribution in [1.29, 1.82) is 0 Å². The lowest BCUT2D eigenvalue weighted by molar-refractivity contribution is 0.241. The van der Waals surface area contributed by atoms with Crippen LogP contribution in [0.1, 0.15) is 38.2 Å². The Hall–Kier alpha value is -1.88. The molecule has 2 rings (SSSR count). The zero-order valence-corrected chi connectivity index (χ0v) is 11.6. The Labute approximate surface area is 113 Å². The number of nitrogens with one attached hydrogen (secondary N) is 2. The number of rotatable bonds is 6. The molecule has 0 saturated heterocycles. The molecule has 2 aromatic heterocycles. The molecule has 0 aliphatic rings. The smallest absolute Gasteiger partial charge is 0.138 e. The Morgan fingerprint density at radius 2 is 2.21 bits per heavy atom. The maximum Gasteiger partial charge on any atom is 0.138 e. The first-order valence-corrected chi connectivity index (χ1v) is 6.55. The number of H-pyrrole nitrogens is 1. The summed E-state index contributed by atoms with van der Waals surface area (Å²) in [6, 6.07) is 2.01. The molecule has 19 heavy (non-hydrogen) atoms. The second-order valence-electron chi connectivity index (χ2n) is 4.59. The minimum Gasteiger partial charge on any atom is -0.489 e. The van der Waals surface area contributed by atoms with Crippen molar-refractivity contribution >= 4 is 0 Å². The summed E-state index contributed by atoms with van der Waals surface area (Å²) in [6.45, 7) is 6.92. The quantitative estimate of drug-likeness (QED) is 0.836. The lowest BCUT2D eigenvalue weighted by Crippen LogP contribution is -2.23. The van der Waals surface area contributed by atoms with Crippen LogP contribution in [0.25, 0.3) is 0 Å². The highest BCUT2D eigenvalue weighted by Gasteiger charge is 2.16. The van der Waals surface area contributed by atoms with Crippen molar-refractivity contribution in [2.24, 2.45) is 0 Å². The van der Waals surface area contributed by atoms with Crippen LogP contribution >= 0.6 is 0 Å². The molecule has 0 aliphatic carbocycles. The molecule has 2 heterocycles. The summed E-state index contributed by atoms with van der Waals surface area (Å²) in [4.78, 5) is 11.7. The Balaban J connectivity index is 2.26. The second-order valence-corrected chi connectivity index (χ2v) is 4.59. The third-order valence-electron chi connectivity index (χ3n) is 2.64. The van der Waals surface area contributed by atoms with Crippen molar-refractivity contribution < 1.29 is 4.74 Å².